The van der Waals surface area contributed by atoms with Crippen molar-refractivity contribution in [3.8, 4) is 0 Å². The lowest BCUT2D eigenvalue weighted by atomic mass is 9.89. The summed E-state index contributed by atoms with van der Waals surface area (Å²) in [6.07, 6.45) is 1.63. The molecule has 1 fully saturated rings. The molecule has 92 valence electrons. The molecule has 0 aromatic heterocycles. The molecule has 0 saturated carbocycles. The molecule has 2 atom stereocenters. The number of carbonyl (C=O) groups excluding carboxylic acids is 1. The highest BCUT2D eigenvalue weighted by Crippen LogP contribution is 2.28. The number of hydrogen-bond acceptors (Lipinski definition) is 3. The van der Waals surface area contributed by atoms with Crippen molar-refractivity contribution in [2.24, 2.45) is 5.92 Å². The molecule has 0 bridgehead atoms. The number of halogens is 1. The van der Waals surface area contributed by atoms with Gasteiger partial charge in [0.1, 0.15) is 0 Å². The second-order valence-electron chi connectivity index (χ2n) is 4.30. The number of nitrogens with one attached hydrogen (secondary N) is 1. The van der Waals surface area contributed by atoms with Crippen LogP contribution < -0.4 is 5.32 Å². The van der Waals surface area contributed by atoms with Crippen LogP contribution in [0, 0.1) is 5.92 Å². The molecule has 1 N–H and O–H groups in total. The molecule has 1 aliphatic rings. The molecule has 4 heteroatoms. The van der Waals surface area contributed by atoms with Crippen LogP contribution in [0.25, 0.3) is 0 Å². The number of methoxy groups -OCH3 is 1. The fourth-order valence-corrected chi connectivity index (χ4v) is 2.37. The standard InChI is InChI=1S/C13H16ClNO2/c1-17-13(16)10-6-7-15-12(8-10)9-2-4-11(14)5-3-9/h2-5,10,12,15H,6-8H2,1H3. The van der Waals surface area contributed by atoms with E-state index in [-0.39, 0.29) is 17.9 Å². The molecule has 3 nitrogen and oxygen atoms in total. The van der Waals surface area contributed by atoms with Crippen molar-refractivity contribution < 1.29 is 9.53 Å². The van der Waals surface area contributed by atoms with Gasteiger partial charge in [-0.15, -0.1) is 0 Å². The Morgan fingerprint density at radius 3 is 2.76 bits per heavy atom. The van der Waals surface area contributed by atoms with Gasteiger partial charge >= 0.3 is 5.97 Å². The van der Waals surface area contributed by atoms with Gasteiger partial charge in [0.05, 0.1) is 13.0 Å². The summed E-state index contributed by atoms with van der Waals surface area (Å²) in [6.45, 7) is 0.840. The van der Waals surface area contributed by atoms with E-state index >= 15 is 0 Å². The first-order chi connectivity index (χ1) is 8.20. The maximum absolute atomic E-state index is 11.5. The molecule has 1 aliphatic heterocycles. The van der Waals surface area contributed by atoms with Gasteiger partial charge in [-0.05, 0) is 37.1 Å². The van der Waals surface area contributed by atoms with Crippen LogP contribution in [-0.4, -0.2) is 19.6 Å². The predicted molar refractivity (Wildman–Crippen MR) is 66.9 cm³/mol. The van der Waals surface area contributed by atoms with E-state index in [0.717, 1.165) is 24.4 Å². The third-order valence-electron chi connectivity index (χ3n) is 3.21. The zero-order valence-electron chi connectivity index (χ0n) is 9.78. The number of carbonyl (C=O) groups is 1. The van der Waals surface area contributed by atoms with E-state index in [1.807, 2.05) is 24.3 Å². The minimum atomic E-state index is -0.106. The summed E-state index contributed by atoms with van der Waals surface area (Å²) < 4.78 is 4.81. The third-order valence-corrected chi connectivity index (χ3v) is 3.46. The van der Waals surface area contributed by atoms with Gasteiger partial charge in [-0.1, -0.05) is 23.7 Å². The maximum Gasteiger partial charge on any atom is 0.308 e. The Balaban J connectivity index is 2.06. The largest absolute Gasteiger partial charge is 0.469 e. The lowest BCUT2D eigenvalue weighted by Gasteiger charge is -2.29. The molecule has 1 aromatic rings. The second kappa shape index (κ2) is 5.52. The summed E-state index contributed by atoms with van der Waals surface area (Å²) in [4.78, 5) is 11.5. The van der Waals surface area contributed by atoms with E-state index in [4.69, 9.17) is 16.3 Å². The zero-order chi connectivity index (χ0) is 12.3. The Labute approximate surface area is 106 Å². The predicted octanol–water partition coefficient (Wildman–Crippen LogP) is 2.55. The third kappa shape index (κ3) is 2.99. The summed E-state index contributed by atoms with van der Waals surface area (Å²) >= 11 is 5.86. The van der Waals surface area contributed by atoms with Crippen molar-refractivity contribution in [2.45, 2.75) is 18.9 Å². The van der Waals surface area contributed by atoms with Crippen LogP contribution in [-0.2, 0) is 9.53 Å². The van der Waals surface area contributed by atoms with E-state index < -0.39 is 0 Å². The molecule has 0 amide bonds. The summed E-state index contributed by atoms with van der Waals surface area (Å²) in [7, 11) is 1.45. The number of piperidine rings is 1. The SMILES string of the molecule is COC(=O)C1CCNC(c2ccc(Cl)cc2)C1. The van der Waals surface area contributed by atoms with Gasteiger partial charge in [-0.25, -0.2) is 0 Å². The number of rotatable bonds is 2. The molecular formula is C13H16ClNO2. The van der Waals surface area contributed by atoms with E-state index in [1.165, 1.54) is 12.7 Å². The number of benzene rings is 1. The fraction of sp³-hybridized carbons (Fsp3) is 0.462. The quantitative estimate of drug-likeness (QED) is 0.824. The van der Waals surface area contributed by atoms with E-state index in [2.05, 4.69) is 5.32 Å². The molecule has 0 spiro atoms. The number of ether oxygens (including phenoxy) is 1. The van der Waals surface area contributed by atoms with Crippen LogP contribution in [0.2, 0.25) is 5.02 Å². The molecular weight excluding hydrogens is 238 g/mol. The van der Waals surface area contributed by atoms with Gasteiger partial charge in [0, 0.05) is 11.1 Å². The average Bonchev–Trinajstić information content (AvgIpc) is 2.39. The van der Waals surface area contributed by atoms with Gasteiger partial charge in [0.2, 0.25) is 0 Å². The average molecular weight is 254 g/mol. The van der Waals surface area contributed by atoms with Crippen molar-refractivity contribution in [3.63, 3.8) is 0 Å². The minimum absolute atomic E-state index is 0.00179. The first-order valence-corrected chi connectivity index (χ1v) is 6.15. The second-order valence-corrected chi connectivity index (χ2v) is 4.74. The summed E-state index contributed by atoms with van der Waals surface area (Å²) in [5, 5.41) is 4.14. The van der Waals surface area contributed by atoms with Crippen LogP contribution in [0.3, 0.4) is 0 Å². The van der Waals surface area contributed by atoms with Gasteiger partial charge in [0.25, 0.3) is 0 Å². The zero-order valence-corrected chi connectivity index (χ0v) is 10.5. The summed E-state index contributed by atoms with van der Waals surface area (Å²) in [6, 6.07) is 7.96. The minimum Gasteiger partial charge on any atom is -0.469 e. The molecule has 0 radical (unpaired) electrons. The van der Waals surface area contributed by atoms with Crippen LogP contribution in [0.5, 0.6) is 0 Å². The number of esters is 1. The van der Waals surface area contributed by atoms with Gasteiger partial charge < -0.3 is 10.1 Å². The Morgan fingerprint density at radius 1 is 1.41 bits per heavy atom. The molecule has 0 aliphatic carbocycles. The van der Waals surface area contributed by atoms with Crippen molar-refractivity contribution in [1.82, 2.24) is 5.32 Å². The van der Waals surface area contributed by atoms with Gasteiger partial charge in [-0.3, -0.25) is 4.79 Å². The van der Waals surface area contributed by atoms with E-state index in [1.54, 1.807) is 0 Å². The highest BCUT2D eigenvalue weighted by atomic mass is 35.5. The highest BCUT2D eigenvalue weighted by Gasteiger charge is 2.28. The molecule has 1 saturated heterocycles. The summed E-state index contributed by atoms with van der Waals surface area (Å²) in [5.41, 5.74) is 1.17. The van der Waals surface area contributed by atoms with Crippen molar-refractivity contribution in [1.29, 1.82) is 0 Å². The van der Waals surface area contributed by atoms with E-state index in [0.29, 0.717) is 0 Å². The molecule has 17 heavy (non-hydrogen) atoms. The Hall–Kier alpha value is -1.06. The van der Waals surface area contributed by atoms with Crippen molar-refractivity contribution in [3.05, 3.63) is 34.9 Å². The van der Waals surface area contributed by atoms with Crippen LogP contribution in [0.1, 0.15) is 24.4 Å². The molecule has 2 unspecified atom stereocenters. The lowest BCUT2D eigenvalue weighted by Crippen LogP contribution is -2.35. The van der Waals surface area contributed by atoms with Gasteiger partial charge in [0.15, 0.2) is 0 Å². The number of hydrogen-bond donors (Lipinski definition) is 1. The first-order valence-electron chi connectivity index (χ1n) is 5.77. The highest BCUT2D eigenvalue weighted by molar-refractivity contribution is 6.30. The van der Waals surface area contributed by atoms with Crippen LogP contribution >= 0.6 is 11.6 Å². The maximum atomic E-state index is 11.5. The summed E-state index contributed by atoms with van der Waals surface area (Å²) in [5.74, 6) is -0.104. The fourth-order valence-electron chi connectivity index (χ4n) is 2.25. The monoisotopic (exact) mass is 253 g/mol. The first kappa shape index (κ1) is 12.4. The Kier molecular flexibility index (Phi) is 4.02. The van der Waals surface area contributed by atoms with Crippen molar-refractivity contribution >= 4 is 17.6 Å². The Morgan fingerprint density at radius 2 is 2.12 bits per heavy atom. The Bertz CT molecular complexity index is 391. The molecule has 1 heterocycles. The van der Waals surface area contributed by atoms with Crippen LogP contribution in [0.4, 0.5) is 0 Å². The van der Waals surface area contributed by atoms with E-state index in [9.17, 15) is 4.79 Å². The van der Waals surface area contributed by atoms with Gasteiger partial charge in [-0.2, -0.15) is 0 Å². The molecule has 1 aromatic carbocycles. The topological polar surface area (TPSA) is 38.3 Å². The van der Waals surface area contributed by atoms with Crippen molar-refractivity contribution in [2.75, 3.05) is 13.7 Å². The molecule has 2 rings (SSSR count). The lowest BCUT2D eigenvalue weighted by molar-refractivity contribution is -0.146. The normalized spacial score (nSPS) is 24.4. The van der Waals surface area contributed by atoms with Crippen LogP contribution in [0.15, 0.2) is 24.3 Å². The smallest absolute Gasteiger partial charge is 0.308 e.